The van der Waals surface area contributed by atoms with Crippen molar-refractivity contribution >= 4 is 115 Å². The van der Waals surface area contributed by atoms with Gasteiger partial charge in [0.2, 0.25) is 0 Å². The van der Waals surface area contributed by atoms with E-state index in [-0.39, 0.29) is 118 Å². The van der Waals surface area contributed by atoms with Crippen LogP contribution in [0.1, 0.15) is 147 Å². The van der Waals surface area contributed by atoms with Crippen molar-refractivity contribution in [1.29, 1.82) is 0 Å². The standard InChI is InChI=1S/C23H27NO5.C22H27NO4.C21H24BrNO3.2C18H15P.CO.B.2ClH.Na.Pd.H/c1-17(18-9-11-19(12-10-18)21(26)28-2)24-15-14-23(13-6-16-25,29-22(24)27)20-7-4-3-5-8-20;1-17(19-10-8-18(16-25)9-11-19)23-14-13-22(12-5-15-24,27-21(23)26)20-6-3-2-4-7-20;1-16(17-8-10-19(22)11-9-17)23-14-13-21(12-5-15-24,26-20(23)25)18-6-3-2-4-7-18;2*1-4-10-16(11-5-1)19(17-12-6-2-7-13-17)18-14-8-3-9-15-18;1-2;;;;;;/h3-5,7-12,17,25H,6,13-16H2,1-2H3;2-4,6-11,17,24-25H,5,12-16H2,1H3;2-4,6-11,16,24H,5,12-15H2,1H3;2*1-15H;;;2*1H;;;/q;;;;;;;;;+1;+2;-1/p-2/t17-,23+;17-,22+;16-,21+;;;;;;;;;/m000........./s1. The predicted octanol–water partition coefficient (Wildman–Crippen LogP) is 17.8. The van der Waals surface area contributed by atoms with E-state index in [0.29, 0.717) is 83.0 Å². The van der Waals surface area contributed by atoms with Gasteiger partial charge in [-0.15, -0.1) is 0 Å². The van der Waals surface area contributed by atoms with Crippen LogP contribution in [0.3, 0.4) is 0 Å². The Kier molecular flexibility index (Phi) is 46.3. The van der Waals surface area contributed by atoms with Gasteiger partial charge < -0.3 is 55.5 Å². The number of hydrogen-bond acceptors (Lipinski definition) is 12. The Bertz CT molecular complexity index is 4870. The molecule has 3 saturated heterocycles. The number of hydrogen-bond donors (Lipinski definition) is 4. The molecule has 0 aliphatic carbocycles. The molecule has 3 radical (unpaired) electrons. The Morgan fingerprint density at radius 2 is 0.638 bits per heavy atom. The molecule has 4 N–H and O–H groups in total. The molecule has 3 aliphatic heterocycles. The molecule has 16 nitrogen and oxygen atoms in total. The molecule has 3 aliphatic rings. The maximum Gasteiger partial charge on any atom is 1.00 e. The normalized spacial score (nSPS) is 16.8. The molecule has 12 aromatic carbocycles. The number of rotatable bonds is 26. The van der Waals surface area contributed by atoms with E-state index in [1.165, 1.54) is 38.9 Å². The minimum absolute atomic E-state index is 0. The van der Waals surface area contributed by atoms with E-state index < -0.39 is 38.6 Å². The second-order valence-corrected chi connectivity index (χ2v) is 37.5. The van der Waals surface area contributed by atoms with Gasteiger partial charge in [-0.2, -0.15) is 0 Å². The van der Waals surface area contributed by atoms with Crippen molar-refractivity contribution in [3.05, 3.63) is 401 Å². The van der Waals surface area contributed by atoms with E-state index in [2.05, 4.69) is 205 Å². The average Bonchev–Trinajstić information content (AvgIpc) is 0.775. The summed E-state index contributed by atoms with van der Waals surface area (Å²) in [6, 6.07) is 116. The molecular weight excluding hydrogens is 1840 g/mol. The molecule has 6 atom stereocenters. The largest absolute Gasteiger partial charge is 1.00 e. The monoisotopic (exact) mass is 1950 g/mol. The van der Waals surface area contributed by atoms with Gasteiger partial charge in [0.15, 0.2) is 0 Å². The van der Waals surface area contributed by atoms with Crippen molar-refractivity contribution < 1.29 is 110 Å². The van der Waals surface area contributed by atoms with Crippen molar-refractivity contribution in [2.75, 3.05) is 46.6 Å². The van der Waals surface area contributed by atoms with Gasteiger partial charge in [0.1, 0.15) is 16.8 Å². The Balaban J connectivity index is 0.000000244. The first-order valence-electron chi connectivity index (χ1n) is 41.5. The summed E-state index contributed by atoms with van der Waals surface area (Å²) in [6.07, 6.45) is 4.59. The zero-order chi connectivity index (χ0) is 89.2. The van der Waals surface area contributed by atoms with Crippen molar-refractivity contribution in [1.82, 2.24) is 14.7 Å². The number of methoxy groups -OCH3 is 1. The number of ether oxygens (including phenoxy) is 4. The van der Waals surface area contributed by atoms with Crippen LogP contribution in [0.2, 0.25) is 0 Å². The number of nitrogens with zero attached hydrogens (tertiary/aromatic N) is 3. The minimum atomic E-state index is -0.716. The minimum Gasteiger partial charge on any atom is -1.00 e. The smallest absolute Gasteiger partial charge is 1.00 e. The van der Waals surface area contributed by atoms with E-state index in [0.717, 1.165) is 43.4 Å². The van der Waals surface area contributed by atoms with Crippen LogP contribution >= 0.6 is 50.8 Å². The number of carbonyl (C=O) groups is 4. The number of amides is 3. The van der Waals surface area contributed by atoms with E-state index in [9.17, 15) is 39.6 Å². The van der Waals surface area contributed by atoms with Gasteiger partial charge in [0.25, 0.3) is 0 Å². The first-order chi connectivity index (χ1) is 61.0. The van der Waals surface area contributed by atoms with Crippen LogP contribution in [-0.4, -0.2) is 114 Å². The third-order valence-corrected chi connectivity index (χ3v) is 27.7. The molecule has 0 spiro atoms. The number of halogens is 3. The molecule has 127 heavy (non-hydrogen) atoms. The third-order valence-electron chi connectivity index (χ3n) is 22.2. The molecule has 12 aromatic rings. The summed E-state index contributed by atoms with van der Waals surface area (Å²) in [6.45, 7) is 12.4. The first kappa shape index (κ1) is 105. The van der Waals surface area contributed by atoms with Crippen LogP contribution in [0, 0.1) is 6.65 Å². The number of carbonyl (C=O) groups excluding carboxylic acids is 4. The van der Waals surface area contributed by atoms with E-state index >= 15 is 0 Å². The Morgan fingerprint density at radius 3 is 0.850 bits per heavy atom. The summed E-state index contributed by atoms with van der Waals surface area (Å²) in [5.41, 5.74) is 5.19. The Hall–Kier alpha value is -8.85. The van der Waals surface area contributed by atoms with E-state index in [4.69, 9.17) is 42.7 Å². The third kappa shape index (κ3) is 30.1. The maximum atomic E-state index is 12.9. The molecule has 0 saturated carbocycles. The zero-order valence-electron chi connectivity index (χ0n) is 73.2. The van der Waals surface area contributed by atoms with Gasteiger partial charge >= 0.3 is 100 Å². The number of aliphatic hydroxyl groups excluding tert-OH is 4. The second-order valence-electron chi connectivity index (χ2n) is 29.8. The second kappa shape index (κ2) is 55.9. The van der Waals surface area contributed by atoms with Crippen LogP contribution in [0.15, 0.2) is 350 Å². The zero-order valence-corrected chi connectivity index (χ0v) is 80.6. The summed E-state index contributed by atoms with van der Waals surface area (Å²) in [5, 5.41) is 45.5. The topological polar surface area (TPSA) is 216 Å². The van der Waals surface area contributed by atoms with Crippen LogP contribution in [0.4, 0.5) is 14.4 Å². The van der Waals surface area contributed by atoms with Gasteiger partial charge in [-0.05, 0) is 170 Å². The molecule has 0 unspecified atom stereocenters. The molecule has 15 rings (SSSR count). The van der Waals surface area contributed by atoms with Gasteiger partial charge in [-0.25, -0.2) is 19.2 Å². The van der Waals surface area contributed by atoms with Crippen molar-refractivity contribution in [2.24, 2.45) is 0 Å². The number of aliphatic hydroxyl groups is 4. The van der Waals surface area contributed by atoms with Crippen molar-refractivity contribution in [3.63, 3.8) is 0 Å². The molecule has 3 heterocycles. The molecular formula is C103H109BBrCl2N3NaO13P2Pd. The summed E-state index contributed by atoms with van der Waals surface area (Å²) in [7, 11) is 10.1. The Morgan fingerprint density at radius 1 is 0.417 bits per heavy atom. The molecule has 0 bridgehead atoms. The van der Waals surface area contributed by atoms with Crippen LogP contribution in [0.25, 0.3) is 0 Å². The molecule has 0 aromatic heterocycles. The van der Waals surface area contributed by atoms with E-state index in [1.54, 1.807) is 26.8 Å². The van der Waals surface area contributed by atoms with Crippen LogP contribution in [-0.2, 0) is 62.9 Å². The molecule has 659 valence electrons. The van der Waals surface area contributed by atoms with Gasteiger partial charge in [0.05, 0.1) is 37.4 Å². The summed E-state index contributed by atoms with van der Waals surface area (Å²) >= 11 is 3.34. The summed E-state index contributed by atoms with van der Waals surface area (Å²) < 4.78 is 31.2. The van der Waals surface area contributed by atoms with E-state index in [1.807, 2.05) is 172 Å². The van der Waals surface area contributed by atoms with Gasteiger partial charge in [-0.1, -0.05) is 337 Å². The molecule has 3 fully saturated rings. The number of benzene rings is 12. The van der Waals surface area contributed by atoms with Crippen LogP contribution < -0.4 is 61.4 Å². The fourth-order valence-electron chi connectivity index (χ4n) is 15.5. The SMILES string of the molecule is COC(=O)c1ccc([C@H](C)N2CC[C@](CCCO)(c3ccccc3)OC2=O)cc1.C[C@@H](c1ccc(Br)cc1)N1CC[C@](CCCO)(c2ccccc2)OC1=O.C[C@@H](c1ccc(CO)cc1)N1CC[C@](CCCO)(c2ccccc2)OC1=O.[B].[C-]#[O+].[Cl][Pd][Cl].[H-].[Na+].c1ccc(P(c2ccccc2)c2ccccc2)cc1.c1ccc(P(c2ccccc2)c2ccccc2)cc1. The van der Waals surface area contributed by atoms with Gasteiger partial charge in [0, 0.05) is 71.6 Å². The summed E-state index contributed by atoms with van der Waals surface area (Å²) in [4.78, 5) is 55.5. The number of esters is 1. The average molecular weight is 1950 g/mol. The first-order valence-corrected chi connectivity index (χ1v) is 49.0. The van der Waals surface area contributed by atoms with Gasteiger partial charge in [-0.3, -0.25) is 0 Å². The fourth-order valence-corrected chi connectivity index (χ4v) is 20.4. The quantitative estimate of drug-likeness (QED) is 0.00995. The number of cyclic esters (lactones) is 3. The predicted molar refractivity (Wildman–Crippen MR) is 509 cm³/mol. The maximum absolute atomic E-state index is 12.9. The molecule has 24 heteroatoms. The molecule has 3 amide bonds. The Labute approximate surface area is 801 Å². The summed E-state index contributed by atoms with van der Waals surface area (Å²) in [5.74, 6) is -0.391. The fraction of sp³-hybridized carbons (Fsp3) is 0.252. The van der Waals surface area contributed by atoms with Crippen molar-refractivity contribution in [2.45, 2.75) is 120 Å². The van der Waals surface area contributed by atoms with Crippen molar-refractivity contribution in [3.8, 4) is 0 Å². The van der Waals surface area contributed by atoms with Crippen LogP contribution in [0.5, 0.6) is 0 Å².